The lowest BCUT2D eigenvalue weighted by molar-refractivity contribution is 0.0710. The highest BCUT2D eigenvalue weighted by atomic mass is 16.5. The molecule has 2 N–H and O–H groups in total. The molecule has 1 saturated heterocycles. The van der Waals surface area contributed by atoms with Crippen molar-refractivity contribution in [2.45, 2.75) is 18.6 Å². The summed E-state index contributed by atoms with van der Waals surface area (Å²) >= 11 is 0. The van der Waals surface area contributed by atoms with Gasteiger partial charge < -0.3 is 19.7 Å². The number of methoxy groups -OCH3 is 1. The van der Waals surface area contributed by atoms with Gasteiger partial charge in [0.2, 0.25) is 0 Å². The van der Waals surface area contributed by atoms with E-state index in [2.05, 4.69) is 4.98 Å². The largest absolute Gasteiger partial charge is 0.497 e. The lowest BCUT2D eigenvalue weighted by Gasteiger charge is -2.24. The van der Waals surface area contributed by atoms with Crippen molar-refractivity contribution in [1.29, 1.82) is 0 Å². The summed E-state index contributed by atoms with van der Waals surface area (Å²) in [5.74, 6) is 0.650. The van der Waals surface area contributed by atoms with E-state index in [9.17, 15) is 9.90 Å². The molecule has 4 rings (SSSR count). The van der Waals surface area contributed by atoms with Crippen LogP contribution in [0.2, 0.25) is 0 Å². The van der Waals surface area contributed by atoms with Gasteiger partial charge in [-0.15, -0.1) is 0 Å². The minimum atomic E-state index is -0.524. The van der Waals surface area contributed by atoms with Crippen molar-refractivity contribution in [2.75, 3.05) is 13.7 Å². The number of carbonyl (C=O) groups excluding carboxylic acids is 1. The van der Waals surface area contributed by atoms with Crippen molar-refractivity contribution in [1.82, 2.24) is 9.88 Å². The number of para-hydroxylation sites is 1. The number of H-pyrrole nitrogens is 1. The first-order valence-electron chi connectivity index (χ1n) is 8.36. The number of amides is 1. The number of likely N-dealkylation sites (tertiary alicyclic amines) is 1. The van der Waals surface area contributed by atoms with Gasteiger partial charge in [-0.3, -0.25) is 4.79 Å². The number of aliphatic hydroxyl groups is 1. The number of aliphatic hydroxyl groups excluding tert-OH is 1. The van der Waals surface area contributed by atoms with E-state index >= 15 is 0 Å². The average molecular weight is 336 g/mol. The first-order chi connectivity index (χ1) is 12.2. The van der Waals surface area contributed by atoms with Gasteiger partial charge in [0, 0.05) is 17.4 Å². The van der Waals surface area contributed by atoms with Crippen LogP contribution < -0.4 is 4.74 Å². The first-order valence-corrected chi connectivity index (χ1v) is 8.36. The van der Waals surface area contributed by atoms with Crippen LogP contribution in [0.25, 0.3) is 10.9 Å². The summed E-state index contributed by atoms with van der Waals surface area (Å²) in [6.07, 6.45) is 0.00334. The molecule has 1 aliphatic rings. The Hall–Kier alpha value is -2.79. The van der Waals surface area contributed by atoms with Crippen LogP contribution >= 0.6 is 0 Å². The lowest BCUT2D eigenvalue weighted by Crippen LogP contribution is -2.32. The molecule has 1 aromatic heterocycles. The smallest absolute Gasteiger partial charge is 0.270 e. The normalized spacial score (nSPS) is 20.2. The van der Waals surface area contributed by atoms with Crippen molar-refractivity contribution in [3.05, 3.63) is 65.9 Å². The van der Waals surface area contributed by atoms with Crippen LogP contribution in [0.15, 0.2) is 54.6 Å². The topological polar surface area (TPSA) is 65.6 Å². The fraction of sp³-hybridized carbons (Fsp3) is 0.250. The second kappa shape index (κ2) is 6.26. The van der Waals surface area contributed by atoms with Crippen molar-refractivity contribution in [3.8, 4) is 5.75 Å². The molecule has 0 bridgehead atoms. The molecule has 2 atom stereocenters. The van der Waals surface area contributed by atoms with E-state index in [1.54, 1.807) is 12.0 Å². The highest BCUT2D eigenvalue weighted by Crippen LogP contribution is 2.35. The average Bonchev–Trinajstić information content (AvgIpc) is 3.24. The van der Waals surface area contributed by atoms with Gasteiger partial charge in [0.05, 0.1) is 19.3 Å². The Balaban J connectivity index is 1.67. The van der Waals surface area contributed by atoms with Gasteiger partial charge in [-0.2, -0.15) is 0 Å². The third kappa shape index (κ3) is 2.87. The lowest BCUT2D eigenvalue weighted by atomic mass is 10.0. The van der Waals surface area contributed by atoms with Crippen LogP contribution in [-0.4, -0.2) is 40.7 Å². The van der Waals surface area contributed by atoms with Crippen LogP contribution in [0, 0.1) is 0 Å². The summed E-state index contributed by atoms with van der Waals surface area (Å²) in [5.41, 5.74) is 2.45. The van der Waals surface area contributed by atoms with Gasteiger partial charge in [0.25, 0.3) is 5.91 Å². The van der Waals surface area contributed by atoms with Crippen LogP contribution in [0.3, 0.4) is 0 Å². The van der Waals surface area contributed by atoms with Crippen LogP contribution in [-0.2, 0) is 0 Å². The van der Waals surface area contributed by atoms with E-state index in [4.69, 9.17) is 4.74 Å². The SMILES string of the molecule is COc1cccc([C@H]2C[C@@H](O)CN2C(=O)c2cc3ccccc3[nH]2)c1. The number of β-amino-alcohol motifs (C(OH)–C–C–N with tert-alkyl or cyclic N) is 1. The molecule has 0 unspecified atom stereocenters. The summed E-state index contributed by atoms with van der Waals surface area (Å²) < 4.78 is 5.29. The van der Waals surface area contributed by atoms with Crippen LogP contribution in [0.5, 0.6) is 5.75 Å². The Labute approximate surface area is 145 Å². The maximum absolute atomic E-state index is 13.1. The maximum atomic E-state index is 13.1. The van der Waals surface area contributed by atoms with Crippen molar-refractivity contribution in [3.63, 3.8) is 0 Å². The molecule has 25 heavy (non-hydrogen) atoms. The zero-order chi connectivity index (χ0) is 17.4. The van der Waals surface area contributed by atoms with Crippen molar-refractivity contribution in [2.24, 2.45) is 0 Å². The van der Waals surface area contributed by atoms with Gasteiger partial charge in [-0.05, 0) is 36.2 Å². The number of aromatic nitrogens is 1. The maximum Gasteiger partial charge on any atom is 0.270 e. The fourth-order valence-corrected chi connectivity index (χ4v) is 3.55. The zero-order valence-corrected chi connectivity index (χ0v) is 14.0. The van der Waals surface area contributed by atoms with Gasteiger partial charge in [0.1, 0.15) is 11.4 Å². The molecule has 5 heteroatoms. The molecule has 0 aliphatic carbocycles. The van der Waals surface area contributed by atoms with E-state index < -0.39 is 6.10 Å². The monoisotopic (exact) mass is 336 g/mol. The Morgan fingerprint density at radius 1 is 1.20 bits per heavy atom. The molecule has 128 valence electrons. The van der Waals surface area contributed by atoms with Crippen LogP contribution in [0.4, 0.5) is 0 Å². The molecule has 0 spiro atoms. The molecule has 3 aromatic rings. The number of hydrogen-bond donors (Lipinski definition) is 2. The number of nitrogens with zero attached hydrogens (tertiary/aromatic N) is 1. The molecular formula is C20H20N2O3. The van der Waals surface area contributed by atoms with E-state index in [1.165, 1.54) is 0 Å². The summed E-state index contributed by atoms with van der Waals surface area (Å²) in [6.45, 7) is 0.329. The molecule has 1 amide bonds. The van der Waals surface area contributed by atoms with E-state index in [-0.39, 0.29) is 11.9 Å². The second-order valence-electron chi connectivity index (χ2n) is 6.41. The molecule has 0 radical (unpaired) electrons. The summed E-state index contributed by atoms with van der Waals surface area (Å²) in [5, 5.41) is 11.2. The predicted octanol–water partition coefficient (Wildman–Crippen LogP) is 3.12. The number of nitrogens with one attached hydrogen (secondary N) is 1. The van der Waals surface area contributed by atoms with E-state index in [1.807, 2.05) is 54.6 Å². The Morgan fingerprint density at radius 3 is 2.84 bits per heavy atom. The van der Waals surface area contributed by atoms with Gasteiger partial charge in [-0.1, -0.05) is 30.3 Å². The summed E-state index contributed by atoms with van der Waals surface area (Å²) in [7, 11) is 1.62. The van der Waals surface area contributed by atoms with E-state index in [0.29, 0.717) is 18.7 Å². The number of fused-ring (bicyclic) bond motifs is 1. The molecule has 0 saturated carbocycles. The highest BCUT2D eigenvalue weighted by molar-refractivity contribution is 5.98. The standard InChI is InChI=1S/C20H20N2O3/c1-25-16-7-4-6-14(9-16)19-11-15(23)12-22(19)20(24)18-10-13-5-2-3-8-17(13)21-18/h2-10,15,19,21,23H,11-12H2,1H3/t15-,19-/m1/s1. The quantitative estimate of drug-likeness (QED) is 0.772. The van der Waals surface area contributed by atoms with Gasteiger partial charge >= 0.3 is 0 Å². The van der Waals surface area contributed by atoms with Crippen molar-refractivity contribution < 1.29 is 14.6 Å². The number of hydrogen-bond acceptors (Lipinski definition) is 3. The molecular weight excluding hydrogens is 316 g/mol. The fourth-order valence-electron chi connectivity index (χ4n) is 3.55. The molecule has 1 fully saturated rings. The number of benzene rings is 2. The van der Waals surface area contributed by atoms with Gasteiger partial charge in [0.15, 0.2) is 0 Å². The third-order valence-electron chi connectivity index (χ3n) is 4.78. The number of ether oxygens (including phenoxy) is 1. The Bertz CT molecular complexity index is 885. The Morgan fingerprint density at radius 2 is 2.04 bits per heavy atom. The summed E-state index contributed by atoms with van der Waals surface area (Å²) in [4.78, 5) is 18.0. The molecule has 5 nitrogen and oxygen atoms in total. The minimum Gasteiger partial charge on any atom is -0.497 e. The summed E-state index contributed by atoms with van der Waals surface area (Å²) in [6, 6.07) is 17.2. The minimum absolute atomic E-state index is 0.0967. The number of rotatable bonds is 3. The zero-order valence-electron chi connectivity index (χ0n) is 14.0. The molecule has 2 aromatic carbocycles. The predicted molar refractivity (Wildman–Crippen MR) is 95.7 cm³/mol. The number of carbonyl (C=O) groups is 1. The molecule has 2 heterocycles. The second-order valence-corrected chi connectivity index (χ2v) is 6.41. The number of aromatic amines is 1. The van der Waals surface area contributed by atoms with Crippen molar-refractivity contribution >= 4 is 16.8 Å². The Kier molecular flexibility index (Phi) is 3.93. The van der Waals surface area contributed by atoms with E-state index in [0.717, 1.165) is 22.2 Å². The molecule has 1 aliphatic heterocycles. The first kappa shape index (κ1) is 15.7. The highest BCUT2D eigenvalue weighted by Gasteiger charge is 2.36. The van der Waals surface area contributed by atoms with Gasteiger partial charge in [-0.25, -0.2) is 0 Å². The van der Waals surface area contributed by atoms with Crippen LogP contribution in [0.1, 0.15) is 28.5 Å². The third-order valence-corrected chi connectivity index (χ3v) is 4.78.